The van der Waals surface area contributed by atoms with Crippen LogP contribution in [0.4, 0.5) is 5.69 Å². The van der Waals surface area contributed by atoms with Gasteiger partial charge < -0.3 is 56.3 Å². The molecule has 18 nitrogen and oxygen atoms in total. The van der Waals surface area contributed by atoms with Crippen LogP contribution in [0, 0.1) is 11.3 Å². The Morgan fingerprint density at radius 3 is 2.05 bits per heavy atom. The van der Waals surface area contributed by atoms with Crippen molar-refractivity contribution in [3.63, 3.8) is 0 Å². The monoisotopic (exact) mass is 798 g/mol. The van der Waals surface area contributed by atoms with Crippen LogP contribution in [0.25, 0.3) is 0 Å². The van der Waals surface area contributed by atoms with Crippen LogP contribution < -0.4 is 21.3 Å². The molecule has 0 bridgehead atoms. The Labute approximate surface area is 321 Å². The van der Waals surface area contributed by atoms with Crippen LogP contribution in [-0.2, 0) is 56.1 Å². The molecule has 2 rings (SSSR count). The zero-order valence-electron chi connectivity index (χ0n) is 32.1. The highest BCUT2D eigenvalue weighted by Gasteiger charge is 2.46. The molecule has 9 atom stereocenters. The van der Waals surface area contributed by atoms with E-state index in [2.05, 4.69) is 30.5 Å². The minimum absolute atomic E-state index is 0.0351. The maximum Gasteiger partial charge on any atom is 0.335 e. The lowest BCUT2D eigenvalue weighted by molar-refractivity contribution is -0.228. The van der Waals surface area contributed by atoms with E-state index in [4.69, 9.17) is 14.6 Å². The van der Waals surface area contributed by atoms with E-state index in [1.54, 1.807) is 53.7 Å². The first kappa shape index (κ1) is 46.9. The van der Waals surface area contributed by atoms with Crippen LogP contribution in [0.2, 0.25) is 0 Å². The molecule has 19 heteroatoms. The summed E-state index contributed by atoms with van der Waals surface area (Å²) in [4.78, 5) is 86.4. The maximum absolute atomic E-state index is 13.2. The quantitative estimate of drug-likeness (QED) is 0.0690. The fraction of sp³-hybridized carbons (Fsp3) is 0.639. The van der Waals surface area contributed by atoms with Crippen molar-refractivity contribution in [1.82, 2.24) is 16.0 Å². The highest BCUT2D eigenvalue weighted by atomic mass is 31.0. The van der Waals surface area contributed by atoms with Gasteiger partial charge >= 0.3 is 17.9 Å². The zero-order chi connectivity index (χ0) is 42.0. The van der Waals surface area contributed by atoms with Crippen molar-refractivity contribution < 1.29 is 68.6 Å². The van der Waals surface area contributed by atoms with E-state index in [-0.39, 0.29) is 38.0 Å². The topological polar surface area (TPSA) is 287 Å². The highest BCUT2D eigenvalue weighted by Crippen LogP contribution is 2.28. The fourth-order valence-corrected chi connectivity index (χ4v) is 5.88. The van der Waals surface area contributed by atoms with Crippen LogP contribution in [-0.4, -0.2) is 121 Å². The lowest BCUT2D eigenvalue weighted by Crippen LogP contribution is -2.59. The Morgan fingerprint density at radius 1 is 0.855 bits per heavy atom. The molecule has 0 spiro atoms. The third-order valence-electron chi connectivity index (χ3n) is 8.68. The molecule has 4 amide bonds. The van der Waals surface area contributed by atoms with E-state index in [9.17, 15) is 54.0 Å². The molecule has 308 valence electrons. The number of anilines is 1. The third-order valence-corrected chi connectivity index (χ3v) is 9.09. The van der Waals surface area contributed by atoms with Gasteiger partial charge in [-0.05, 0) is 69.7 Å². The fourth-order valence-electron chi connectivity index (χ4n) is 5.52. The molecule has 0 saturated carbocycles. The Balaban J connectivity index is 2.14. The van der Waals surface area contributed by atoms with Crippen molar-refractivity contribution in [3.8, 4) is 0 Å². The number of aliphatic hydroxyl groups is 3. The van der Waals surface area contributed by atoms with E-state index < -0.39 is 107 Å². The van der Waals surface area contributed by atoms with Crippen LogP contribution >= 0.6 is 9.24 Å². The number of carbonyl (C=O) groups is 7. The van der Waals surface area contributed by atoms with Crippen molar-refractivity contribution in [3.05, 3.63) is 29.3 Å². The van der Waals surface area contributed by atoms with Gasteiger partial charge in [-0.1, -0.05) is 26.8 Å². The predicted molar refractivity (Wildman–Crippen MR) is 199 cm³/mol. The summed E-state index contributed by atoms with van der Waals surface area (Å²) >= 11 is 0. The number of benzene rings is 1. The summed E-state index contributed by atoms with van der Waals surface area (Å²) in [7, 11) is 2.31. The molecular formula is C36H55N4O14P. The molecule has 0 aliphatic carbocycles. The Morgan fingerprint density at radius 2 is 1.49 bits per heavy atom. The number of carbonyl (C=O) groups excluding carboxylic acids is 5. The van der Waals surface area contributed by atoms with E-state index >= 15 is 0 Å². The van der Waals surface area contributed by atoms with E-state index in [0.717, 1.165) is 0 Å². The van der Waals surface area contributed by atoms with Crippen LogP contribution in [0.1, 0.15) is 78.9 Å². The van der Waals surface area contributed by atoms with Crippen LogP contribution in [0.15, 0.2) is 18.2 Å². The number of amides is 4. The number of aryl methyl sites for hydroxylation is 1. The van der Waals surface area contributed by atoms with Gasteiger partial charge in [0.15, 0.2) is 6.10 Å². The molecule has 0 aromatic heterocycles. The number of ether oxygens (including phenoxy) is 2. The molecule has 1 fully saturated rings. The number of esters is 1. The number of carboxylic acids is 2. The number of hydrogen-bond donors (Lipinski definition) is 9. The van der Waals surface area contributed by atoms with E-state index in [1.807, 2.05) is 0 Å². The SMILES string of the molecule is CC(C)[C@H](NC(=O)CNC(=O)CC(C)(P)CC(=O)O)C(=O)N[C@@H](C)C(=O)Nc1ccc(COC(=O)C(C)(C)C)c(CC[C@@H]2O[C@H](C(=O)O)[C@@H](O)[C@H](O)[C@H]2O)c1. The molecule has 2 unspecified atom stereocenters. The highest BCUT2D eigenvalue weighted by molar-refractivity contribution is 7.19. The third kappa shape index (κ3) is 14.7. The normalized spacial score (nSPS) is 22.0. The second-order valence-electron chi connectivity index (χ2n) is 15.4. The zero-order valence-corrected chi connectivity index (χ0v) is 33.2. The van der Waals surface area contributed by atoms with Crippen molar-refractivity contribution in [1.29, 1.82) is 0 Å². The minimum atomic E-state index is -1.85. The number of aliphatic carboxylic acids is 2. The molecule has 1 aromatic rings. The van der Waals surface area contributed by atoms with Gasteiger partial charge in [0.25, 0.3) is 0 Å². The van der Waals surface area contributed by atoms with Gasteiger partial charge in [0.05, 0.1) is 24.5 Å². The lowest BCUT2D eigenvalue weighted by Gasteiger charge is -2.39. The van der Waals surface area contributed by atoms with Gasteiger partial charge in [-0.2, -0.15) is 0 Å². The lowest BCUT2D eigenvalue weighted by atomic mass is 9.91. The van der Waals surface area contributed by atoms with Crippen molar-refractivity contribution in [2.24, 2.45) is 11.3 Å². The summed E-state index contributed by atoms with van der Waals surface area (Å²) in [6, 6.07) is 2.50. The predicted octanol–water partition coefficient (Wildman–Crippen LogP) is -0.158. The molecule has 1 saturated heterocycles. The molecule has 1 aliphatic heterocycles. The summed E-state index contributed by atoms with van der Waals surface area (Å²) in [6.45, 7) is 10.7. The minimum Gasteiger partial charge on any atom is -0.481 e. The standard InChI is InChI=1S/C36H55N4O14P/c1-17(2)26(40-24(42)15-37-23(41)13-36(7,55)14-25(43)44)32(49)38-18(3)31(48)39-21-10-8-20(16-53-34(52)35(4,5)6)19(12-21)9-11-22-27(45)28(46)29(47)30(54-22)33(50)51/h8,10,12,17-18,22,26-30,45-47H,9,11,13-16,55H2,1-7H3,(H,37,41)(H,38,49)(H,39,48)(H,40,42)(H,43,44)(H,50,51)/t18-,22-,26-,27-,28+,29-,30-,36?/m0/s1. The van der Waals surface area contributed by atoms with Crippen LogP contribution in [0.5, 0.6) is 0 Å². The molecule has 1 aromatic carbocycles. The number of aliphatic hydroxyl groups excluding tert-OH is 3. The second kappa shape index (κ2) is 20.1. The Bertz CT molecular complexity index is 1580. The van der Waals surface area contributed by atoms with Crippen molar-refractivity contribution in [2.75, 3.05) is 11.9 Å². The summed E-state index contributed by atoms with van der Waals surface area (Å²) < 4.78 is 10.9. The van der Waals surface area contributed by atoms with E-state index in [1.165, 1.54) is 13.0 Å². The van der Waals surface area contributed by atoms with Gasteiger partial charge in [0.2, 0.25) is 23.6 Å². The summed E-state index contributed by atoms with van der Waals surface area (Å²) in [5, 5.41) is 58.5. The largest absolute Gasteiger partial charge is 0.481 e. The first-order valence-corrected chi connectivity index (χ1v) is 18.3. The van der Waals surface area contributed by atoms with Gasteiger partial charge in [0.1, 0.15) is 37.0 Å². The van der Waals surface area contributed by atoms with Gasteiger partial charge in [-0.25, -0.2) is 4.79 Å². The van der Waals surface area contributed by atoms with Gasteiger partial charge in [-0.3, -0.25) is 28.8 Å². The second-order valence-corrected chi connectivity index (χ2v) is 16.8. The molecule has 1 aliphatic rings. The molecular weight excluding hydrogens is 743 g/mol. The number of nitrogens with one attached hydrogen (secondary N) is 4. The first-order valence-electron chi connectivity index (χ1n) is 17.7. The molecule has 0 radical (unpaired) electrons. The number of carboxylic acid groups (broad SMARTS) is 2. The molecule has 9 N–H and O–H groups in total. The molecule has 1 heterocycles. The summed E-state index contributed by atoms with van der Waals surface area (Å²) in [6.07, 6.45) is -8.63. The first-order chi connectivity index (χ1) is 25.3. The van der Waals surface area contributed by atoms with Crippen molar-refractivity contribution >= 4 is 56.5 Å². The number of rotatable bonds is 18. The maximum atomic E-state index is 13.2. The van der Waals surface area contributed by atoms with Crippen molar-refractivity contribution in [2.45, 2.75) is 129 Å². The smallest absolute Gasteiger partial charge is 0.335 e. The Hall–Kier alpha value is -4.22. The summed E-state index contributed by atoms with van der Waals surface area (Å²) in [5.41, 5.74) is 0.502. The Kier molecular flexibility index (Phi) is 17.1. The average Bonchev–Trinajstić information content (AvgIpc) is 3.05. The van der Waals surface area contributed by atoms with Crippen LogP contribution in [0.3, 0.4) is 0 Å². The van der Waals surface area contributed by atoms with Gasteiger partial charge in [0, 0.05) is 17.3 Å². The summed E-state index contributed by atoms with van der Waals surface area (Å²) in [5.74, 6) is -6.07. The number of hydrogen-bond acceptors (Lipinski definition) is 12. The van der Waals surface area contributed by atoms with Gasteiger partial charge in [-0.15, -0.1) is 9.24 Å². The van der Waals surface area contributed by atoms with E-state index in [0.29, 0.717) is 11.1 Å². The molecule has 55 heavy (non-hydrogen) atoms. The average molecular weight is 799 g/mol.